The van der Waals surface area contributed by atoms with Gasteiger partial charge in [0, 0.05) is 39.1 Å². The lowest BCUT2D eigenvalue weighted by molar-refractivity contribution is 0.0642. The van der Waals surface area contributed by atoms with Gasteiger partial charge in [0.2, 0.25) is 0 Å². The van der Waals surface area contributed by atoms with Crippen LogP contribution in [-0.4, -0.2) is 28.4 Å². The van der Waals surface area contributed by atoms with E-state index in [1.807, 2.05) is 36.4 Å². The summed E-state index contributed by atoms with van der Waals surface area (Å²) in [6.45, 7) is 9.85. The maximum Gasteiger partial charge on any atom is 0.178 e. The van der Waals surface area contributed by atoms with Crippen LogP contribution in [0.25, 0.3) is 39.1 Å². The monoisotopic (exact) mass is 742 g/mol. The predicted molar refractivity (Wildman–Crippen MR) is 227 cm³/mol. The number of hydrogen-bond acceptors (Lipinski definition) is 5. The third-order valence-electron chi connectivity index (χ3n) is 12.5. The van der Waals surface area contributed by atoms with Crippen LogP contribution in [0, 0.1) is 10.8 Å². The third kappa shape index (κ3) is 5.50. The number of fused-ring (bicyclic) bond motifs is 10. The van der Waals surface area contributed by atoms with Crippen molar-refractivity contribution in [2.24, 2.45) is 10.8 Å². The van der Waals surface area contributed by atoms with Gasteiger partial charge in [-0.05, 0) is 112 Å². The summed E-state index contributed by atoms with van der Waals surface area (Å²) in [5.74, 6) is 3.97. The molecular weight excluding hydrogens is 693 g/mol. The number of ether oxygens (including phenoxy) is 5. The first-order valence-corrected chi connectivity index (χ1v) is 19.6. The normalized spacial score (nSPS) is 17.7. The Morgan fingerprint density at radius 2 is 1.16 bits per heavy atom. The van der Waals surface area contributed by atoms with Crippen LogP contribution in [0.15, 0.2) is 115 Å². The van der Waals surface area contributed by atoms with Crippen LogP contribution in [0.1, 0.15) is 74.8 Å². The molecule has 0 N–H and O–H groups in total. The summed E-state index contributed by atoms with van der Waals surface area (Å²) in [5, 5.41) is 2.25. The molecule has 2 aliphatic carbocycles. The van der Waals surface area contributed by atoms with Gasteiger partial charge in [0.15, 0.2) is 5.60 Å². The van der Waals surface area contributed by atoms with Gasteiger partial charge in [-0.3, -0.25) is 0 Å². The Bertz CT molecular complexity index is 2460. The van der Waals surface area contributed by atoms with E-state index in [2.05, 4.69) is 113 Å². The van der Waals surface area contributed by atoms with Gasteiger partial charge in [-0.1, -0.05) is 94.4 Å². The van der Waals surface area contributed by atoms with Gasteiger partial charge < -0.3 is 23.7 Å². The number of methoxy groups -OCH3 is 4. The molecule has 5 nitrogen and oxygen atoms in total. The lowest BCUT2D eigenvalue weighted by Crippen LogP contribution is -2.44. The fourth-order valence-electron chi connectivity index (χ4n) is 11.0. The van der Waals surface area contributed by atoms with Crippen molar-refractivity contribution in [3.05, 3.63) is 143 Å². The fraction of sp³-hybridized carbons (Fsp3) is 0.294. The summed E-state index contributed by atoms with van der Waals surface area (Å²) in [4.78, 5) is 0. The van der Waals surface area contributed by atoms with Crippen molar-refractivity contribution in [3.63, 3.8) is 0 Å². The van der Waals surface area contributed by atoms with Crippen LogP contribution >= 0.6 is 0 Å². The van der Waals surface area contributed by atoms with Gasteiger partial charge in [0.25, 0.3) is 0 Å². The second-order valence-electron chi connectivity index (χ2n) is 17.4. The second-order valence-corrected chi connectivity index (χ2v) is 17.4. The van der Waals surface area contributed by atoms with Crippen LogP contribution in [0.2, 0.25) is 0 Å². The minimum atomic E-state index is -0.940. The summed E-state index contributed by atoms with van der Waals surface area (Å²) in [6.07, 6.45) is 7.93. The Labute approximate surface area is 330 Å². The van der Waals surface area contributed by atoms with Crippen LogP contribution in [-0.2, 0) is 11.0 Å². The molecule has 1 heterocycles. The standard InChI is InChI=1S/C51H50O5/c1-48(2)29-49(3,4)31-50(30-48)43-12-10-9-11-40(43)45-39-23-13-32(38-24-22-37(54-7)28-44(38)55-8)27-42(39)47-41(46(45)50)25-26-51(56-47,33-14-18-35(52-5)19-15-33)34-16-20-36(53-6)21-17-34/h9-28H,29-31H2,1-8H3. The van der Waals surface area contributed by atoms with Crippen molar-refractivity contribution >= 4 is 16.8 Å². The second kappa shape index (κ2) is 12.9. The molecule has 3 aliphatic rings. The molecule has 56 heavy (non-hydrogen) atoms. The molecule has 0 unspecified atom stereocenters. The molecule has 1 spiro atoms. The van der Waals surface area contributed by atoms with Gasteiger partial charge in [-0.25, -0.2) is 0 Å². The molecule has 0 bridgehead atoms. The Kier molecular flexibility index (Phi) is 8.32. The molecule has 6 aromatic rings. The summed E-state index contributed by atoms with van der Waals surface area (Å²) in [6, 6.07) is 38.6. The molecular formula is C51H50O5. The van der Waals surface area contributed by atoms with Crippen molar-refractivity contribution in [2.45, 2.75) is 58.0 Å². The molecule has 0 amide bonds. The van der Waals surface area contributed by atoms with Crippen molar-refractivity contribution in [3.8, 4) is 51.0 Å². The van der Waals surface area contributed by atoms with Crippen molar-refractivity contribution in [2.75, 3.05) is 28.4 Å². The summed E-state index contributed by atoms with van der Waals surface area (Å²) >= 11 is 0. The molecule has 1 aliphatic heterocycles. The third-order valence-corrected chi connectivity index (χ3v) is 12.5. The van der Waals surface area contributed by atoms with E-state index >= 15 is 0 Å². The molecule has 0 atom stereocenters. The van der Waals surface area contributed by atoms with E-state index in [4.69, 9.17) is 23.7 Å². The van der Waals surface area contributed by atoms with E-state index in [-0.39, 0.29) is 16.2 Å². The minimum absolute atomic E-state index is 0.127. The van der Waals surface area contributed by atoms with E-state index in [9.17, 15) is 0 Å². The van der Waals surface area contributed by atoms with Crippen molar-refractivity contribution in [1.82, 2.24) is 0 Å². The Morgan fingerprint density at radius 3 is 1.77 bits per heavy atom. The summed E-state index contributed by atoms with van der Waals surface area (Å²) in [7, 11) is 6.79. The first-order valence-electron chi connectivity index (χ1n) is 19.6. The molecule has 6 aromatic carbocycles. The maximum atomic E-state index is 7.78. The lowest BCUT2D eigenvalue weighted by atomic mass is 9.52. The Morgan fingerprint density at radius 1 is 0.554 bits per heavy atom. The van der Waals surface area contributed by atoms with Crippen LogP contribution in [0.4, 0.5) is 0 Å². The molecule has 1 saturated carbocycles. The first-order chi connectivity index (χ1) is 26.9. The molecule has 0 radical (unpaired) electrons. The Balaban J connectivity index is 1.38. The SMILES string of the molecule is COc1ccc(C2(c3ccc(OC)cc3)C=Cc3c4c(c5ccc(-c6ccc(OC)cc6OC)cc5c3O2)-c2ccccc2C42CC(C)(C)CC(C)(C)C2)cc1. The number of rotatable bonds is 7. The zero-order chi connectivity index (χ0) is 39.0. The van der Waals surface area contributed by atoms with Crippen molar-refractivity contribution in [1.29, 1.82) is 0 Å². The van der Waals surface area contributed by atoms with E-state index in [1.54, 1.807) is 28.4 Å². The van der Waals surface area contributed by atoms with Gasteiger partial charge in [-0.2, -0.15) is 0 Å². The maximum absolute atomic E-state index is 7.78. The zero-order valence-corrected chi connectivity index (χ0v) is 33.7. The first kappa shape index (κ1) is 36.0. The lowest BCUT2D eigenvalue weighted by Gasteiger charge is -2.52. The van der Waals surface area contributed by atoms with E-state index in [0.29, 0.717) is 0 Å². The van der Waals surface area contributed by atoms with Gasteiger partial charge in [0.05, 0.1) is 28.4 Å². The number of hydrogen-bond donors (Lipinski definition) is 0. The smallest absolute Gasteiger partial charge is 0.178 e. The van der Waals surface area contributed by atoms with E-state index in [1.165, 1.54) is 34.1 Å². The van der Waals surface area contributed by atoms with E-state index in [0.717, 1.165) is 74.8 Å². The topological polar surface area (TPSA) is 46.2 Å². The quantitative estimate of drug-likeness (QED) is 0.163. The highest BCUT2D eigenvalue weighted by molar-refractivity contribution is 6.10. The molecule has 284 valence electrons. The largest absolute Gasteiger partial charge is 0.497 e. The van der Waals surface area contributed by atoms with Crippen LogP contribution < -0.4 is 23.7 Å². The van der Waals surface area contributed by atoms with E-state index < -0.39 is 5.60 Å². The Hall–Kier alpha value is -5.68. The fourth-order valence-corrected chi connectivity index (χ4v) is 11.0. The minimum Gasteiger partial charge on any atom is -0.497 e. The van der Waals surface area contributed by atoms with Crippen LogP contribution in [0.5, 0.6) is 28.7 Å². The summed E-state index contributed by atoms with van der Waals surface area (Å²) in [5.41, 5.74) is 9.80. The predicted octanol–water partition coefficient (Wildman–Crippen LogP) is 12.4. The molecule has 0 saturated heterocycles. The van der Waals surface area contributed by atoms with Gasteiger partial charge in [0.1, 0.15) is 28.7 Å². The average molecular weight is 743 g/mol. The zero-order valence-electron chi connectivity index (χ0n) is 33.7. The van der Waals surface area contributed by atoms with Gasteiger partial charge >= 0.3 is 0 Å². The van der Waals surface area contributed by atoms with Crippen molar-refractivity contribution < 1.29 is 23.7 Å². The average Bonchev–Trinajstić information content (AvgIpc) is 3.47. The highest BCUT2D eigenvalue weighted by Crippen LogP contribution is 2.67. The molecule has 1 fully saturated rings. The highest BCUT2D eigenvalue weighted by atomic mass is 16.5. The molecule has 9 rings (SSSR count). The molecule has 0 aromatic heterocycles. The molecule has 5 heteroatoms. The highest BCUT2D eigenvalue weighted by Gasteiger charge is 2.55. The number of benzene rings is 6. The van der Waals surface area contributed by atoms with Crippen LogP contribution in [0.3, 0.4) is 0 Å². The van der Waals surface area contributed by atoms with Gasteiger partial charge in [-0.15, -0.1) is 0 Å². The summed E-state index contributed by atoms with van der Waals surface area (Å²) < 4.78 is 30.5.